The third-order valence-electron chi connectivity index (χ3n) is 4.48. The van der Waals surface area contributed by atoms with Crippen molar-refractivity contribution in [2.24, 2.45) is 0 Å². The van der Waals surface area contributed by atoms with Gasteiger partial charge in [-0.05, 0) is 37.1 Å². The lowest BCUT2D eigenvalue weighted by molar-refractivity contribution is 0.620. The van der Waals surface area contributed by atoms with E-state index in [9.17, 15) is 0 Å². The Bertz CT molecular complexity index is 650. The van der Waals surface area contributed by atoms with Gasteiger partial charge < -0.3 is 14.8 Å². The third kappa shape index (κ3) is 2.23. The average molecular weight is 282 g/mol. The van der Waals surface area contributed by atoms with Crippen molar-refractivity contribution in [3.05, 3.63) is 41.5 Å². The highest BCUT2D eigenvalue weighted by atomic mass is 15.1. The van der Waals surface area contributed by atoms with Gasteiger partial charge in [0.25, 0.3) is 0 Å². The van der Waals surface area contributed by atoms with Crippen LogP contribution < -0.4 is 10.2 Å². The molecule has 2 aromatic rings. The van der Waals surface area contributed by atoms with Crippen molar-refractivity contribution in [3.8, 4) is 5.69 Å². The second-order valence-electron chi connectivity index (χ2n) is 6.31. The molecule has 1 aromatic heterocycles. The lowest BCUT2D eigenvalue weighted by atomic mass is 10.1. The molecule has 4 heteroatoms. The molecule has 4 rings (SSSR count). The predicted octanol–water partition coefficient (Wildman–Crippen LogP) is 2.46. The molecule has 1 aliphatic heterocycles. The Hall–Kier alpha value is -1.81. The van der Waals surface area contributed by atoms with Crippen molar-refractivity contribution in [2.45, 2.75) is 31.7 Å². The molecule has 1 N–H and O–H groups in total. The minimum absolute atomic E-state index is 0.670. The SMILES string of the molecule is CN(C)c1ccc(-n2c(C3CC3)nc3c2CCNC3)cc1. The van der Waals surface area contributed by atoms with Crippen molar-refractivity contribution < 1.29 is 0 Å². The molecule has 0 radical (unpaired) electrons. The van der Waals surface area contributed by atoms with Crippen molar-refractivity contribution in [1.29, 1.82) is 0 Å². The zero-order valence-electron chi connectivity index (χ0n) is 12.8. The van der Waals surface area contributed by atoms with E-state index >= 15 is 0 Å². The van der Waals surface area contributed by atoms with E-state index in [0.717, 1.165) is 19.5 Å². The predicted molar refractivity (Wildman–Crippen MR) is 85.3 cm³/mol. The Balaban J connectivity index is 1.80. The number of nitrogens with zero attached hydrogens (tertiary/aromatic N) is 3. The monoisotopic (exact) mass is 282 g/mol. The number of imidazole rings is 1. The van der Waals surface area contributed by atoms with Gasteiger partial charge in [-0.15, -0.1) is 0 Å². The quantitative estimate of drug-likeness (QED) is 0.939. The fourth-order valence-corrected chi connectivity index (χ4v) is 3.13. The molecule has 4 nitrogen and oxygen atoms in total. The number of hydrogen-bond donors (Lipinski definition) is 1. The normalized spacial score (nSPS) is 17.6. The highest BCUT2D eigenvalue weighted by molar-refractivity contribution is 5.51. The van der Waals surface area contributed by atoms with Crippen LogP contribution in [0.25, 0.3) is 5.69 Å². The summed E-state index contributed by atoms with van der Waals surface area (Å²) in [6.45, 7) is 1.97. The molecule has 0 unspecified atom stereocenters. The number of fused-ring (bicyclic) bond motifs is 1. The molecule has 2 aliphatic rings. The fourth-order valence-electron chi connectivity index (χ4n) is 3.13. The Morgan fingerprint density at radius 2 is 1.95 bits per heavy atom. The van der Waals surface area contributed by atoms with Crippen molar-refractivity contribution >= 4 is 5.69 Å². The molecule has 1 fully saturated rings. The van der Waals surface area contributed by atoms with E-state index in [4.69, 9.17) is 4.98 Å². The summed E-state index contributed by atoms with van der Waals surface area (Å²) in [5, 5.41) is 3.43. The molecule has 0 saturated heterocycles. The summed E-state index contributed by atoms with van der Waals surface area (Å²) in [5.41, 5.74) is 5.16. The number of rotatable bonds is 3. The second-order valence-corrected chi connectivity index (χ2v) is 6.31. The smallest absolute Gasteiger partial charge is 0.116 e. The Morgan fingerprint density at radius 1 is 1.19 bits per heavy atom. The zero-order chi connectivity index (χ0) is 14.4. The minimum Gasteiger partial charge on any atom is -0.378 e. The number of hydrogen-bond acceptors (Lipinski definition) is 3. The maximum absolute atomic E-state index is 4.94. The lowest BCUT2D eigenvalue weighted by Gasteiger charge is -2.18. The summed E-state index contributed by atoms with van der Waals surface area (Å²) in [4.78, 5) is 7.07. The van der Waals surface area contributed by atoms with E-state index in [1.165, 1.54) is 41.4 Å². The first kappa shape index (κ1) is 12.9. The Morgan fingerprint density at radius 3 is 2.62 bits per heavy atom. The van der Waals surface area contributed by atoms with Crippen LogP contribution in [0.4, 0.5) is 5.69 Å². The molecular formula is C17H22N4. The largest absolute Gasteiger partial charge is 0.378 e. The highest BCUT2D eigenvalue weighted by Crippen LogP contribution is 2.41. The van der Waals surface area contributed by atoms with Gasteiger partial charge in [0.1, 0.15) is 5.82 Å². The molecular weight excluding hydrogens is 260 g/mol. The summed E-state index contributed by atoms with van der Waals surface area (Å²) in [7, 11) is 4.16. The molecule has 0 atom stereocenters. The zero-order valence-corrected chi connectivity index (χ0v) is 12.8. The van der Waals surface area contributed by atoms with Gasteiger partial charge >= 0.3 is 0 Å². The molecule has 0 bridgehead atoms. The van der Waals surface area contributed by atoms with Crippen LogP contribution in [0.2, 0.25) is 0 Å². The summed E-state index contributed by atoms with van der Waals surface area (Å²) in [5.74, 6) is 1.95. The van der Waals surface area contributed by atoms with Crippen molar-refractivity contribution in [1.82, 2.24) is 14.9 Å². The van der Waals surface area contributed by atoms with Gasteiger partial charge in [0, 0.05) is 56.6 Å². The standard InChI is InChI=1S/C17H22N4/c1-20(2)13-5-7-14(8-6-13)21-16-9-10-18-11-15(16)19-17(21)12-3-4-12/h5-8,12,18H,3-4,9-11H2,1-2H3. The molecule has 0 spiro atoms. The molecule has 2 heterocycles. The van der Waals surface area contributed by atoms with E-state index in [1.54, 1.807) is 0 Å². The van der Waals surface area contributed by atoms with Crippen LogP contribution in [0, 0.1) is 0 Å². The van der Waals surface area contributed by atoms with Gasteiger partial charge in [0.15, 0.2) is 0 Å². The van der Waals surface area contributed by atoms with Gasteiger partial charge in [-0.2, -0.15) is 0 Å². The van der Waals surface area contributed by atoms with E-state index in [2.05, 4.69) is 53.1 Å². The molecule has 21 heavy (non-hydrogen) atoms. The Kier molecular flexibility index (Phi) is 3.00. The third-order valence-corrected chi connectivity index (χ3v) is 4.48. The van der Waals surface area contributed by atoms with Crippen LogP contribution in [0.1, 0.15) is 36.0 Å². The molecule has 0 amide bonds. The van der Waals surface area contributed by atoms with E-state index in [-0.39, 0.29) is 0 Å². The lowest BCUT2D eigenvalue weighted by Crippen LogP contribution is -2.24. The van der Waals surface area contributed by atoms with Crippen LogP contribution in [0.15, 0.2) is 24.3 Å². The van der Waals surface area contributed by atoms with E-state index in [0.29, 0.717) is 5.92 Å². The van der Waals surface area contributed by atoms with Crippen LogP contribution in [-0.2, 0) is 13.0 Å². The maximum Gasteiger partial charge on any atom is 0.116 e. The minimum atomic E-state index is 0.670. The van der Waals surface area contributed by atoms with Crippen molar-refractivity contribution in [3.63, 3.8) is 0 Å². The van der Waals surface area contributed by atoms with Gasteiger partial charge in [0.2, 0.25) is 0 Å². The summed E-state index contributed by atoms with van der Waals surface area (Å²) < 4.78 is 2.42. The molecule has 1 aromatic carbocycles. The van der Waals surface area contributed by atoms with E-state index in [1.807, 2.05) is 0 Å². The van der Waals surface area contributed by atoms with E-state index < -0.39 is 0 Å². The Labute approximate surface area is 125 Å². The van der Waals surface area contributed by atoms with Gasteiger partial charge in [-0.1, -0.05) is 0 Å². The number of aromatic nitrogens is 2. The van der Waals surface area contributed by atoms with Gasteiger partial charge in [-0.25, -0.2) is 4.98 Å². The van der Waals surface area contributed by atoms with Gasteiger partial charge in [-0.3, -0.25) is 0 Å². The van der Waals surface area contributed by atoms with Crippen LogP contribution >= 0.6 is 0 Å². The average Bonchev–Trinajstić information content (AvgIpc) is 3.28. The molecule has 1 aliphatic carbocycles. The molecule has 110 valence electrons. The number of nitrogens with one attached hydrogen (secondary N) is 1. The first-order valence-corrected chi connectivity index (χ1v) is 7.83. The van der Waals surface area contributed by atoms with Gasteiger partial charge in [0.05, 0.1) is 5.69 Å². The summed E-state index contributed by atoms with van der Waals surface area (Å²) >= 11 is 0. The number of benzene rings is 1. The first-order valence-electron chi connectivity index (χ1n) is 7.83. The van der Waals surface area contributed by atoms with Crippen LogP contribution in [0.3, 0.4) is 0 Å². The fraction of sp³-hybridized carbons (Fsp3) is 0.471. The van der Waals surface area contributed by atoms with Crippen LogP contribution in [0.5, 0.6) is 0 Å². The highest BCUT2D eigenvalue weighted by Gasteiger charge is 2.32. The maximum atomic E-state index is 4.94. The first-order chi connectivity index (χ1) is 10.2. The second kappa shape index (κ2) is 4.88. The summed E-state index contributed by atoms with van der Waals surface area (Å²) in [6.07, 6.45) is 3.66. The molecule has 1 saturated carbocycles. The van der Waals surface area contributed by atoms with Crippen LogP contribution in [-0.4, -0.2) is 30.2 Å². The van der Waals surface area contributed by atoms with Crippen molar-refractivity contribution in [2.75, 3.05) is 25.5 Å². The number of anilines is 1. The topological polar surface area (TPSA) is 33.1 Å². The summed E-state index contributed by atoms with van der Waals surface area (Å²) in [6, 6.07) is 8.84.